The van der Waals surface area contributed by atoms with E-state index in [1.807, 2.05) is 11.3 Å². The fourth-order valence-electron chi connectivity index (χ4n) is 4.25. The van der Waals surface area contributed by atoms with E-state index < -0.39 is 0 Å². The number of nitrogens with one attached hydrogen (secondary N) is 3. The highest BCUT2D eigenvalue weighted by Gasteiger charge is 2.33. The number of hydrogen-bond donors (Lipinski definition) is 4. The third-order valence-corrected chi connectivity index (χ3v) is 7.74. The van der Waals surface area contributed by atoms with Crippen LogP contribution >= 0.6 is 22.7 Å². The van der Waals surface area contributed by atoms with Crippen LogP contribution < -0.4 is 21.7 Å². The van der Waals surface area contributed by atoms with E-state index in [-0.39, 0.29) is 6.04 Å². The second-order valence-electron chi connectivity index (χ2n) is 7.87. The van der Waals surface area contributed by atoms with Crippen molar-refractivity contribution >= 4 is 32.9 Å². The molecule has 0 saturated carbocycles. The number of aryl methyl sites for hydroxylation is 2. The molecule has 5 N–H and O–H groups in total. The van der Waals surface area contributed by atoms with Crippen LogP contribution in [0.4, 0.5) is 10.3 Å². The van der Waals surface area contributed by atoms with Gasteiger partial charge in [0.1, 0.15) is 0 Å². The summed E-state index contributed by atoms with van der Waals surface area (Å²) in [5.41, 5.74) is 8.49. The van der Waals surface area contributed by atoms with Gasteiger partial charge < -0.3 is 21.7 Å². The Bertz CT molecular complexity index is 786. The number of hydrogen-bond acceptors (Lipinski definition) is 8. The molecule has 0 saturated heterocycles. The van der Waals surface area contributed by atoms with Gasteiger partial charge in [0.25, 0.3) is 0 Å². The molecule has 2 aliphatic rings. The lowest BCUT2D eigenvalue weighted by Gasteiger charge is -2.32. The first-order valence-corrected chi connectivity index (χ1v) is 12.3. The maximum Gasteiger partial charge on any atom is 0.183 e. The van der Waals surface area contributed by atoms with Gasteiger partial charge in [0.2, 0.25) is 0 Å². The van der Waals surface area contributed by atoms with E-state index >= 15 is 0 Å². The molecule has 0 radical (unpaired) electrons. The van der Waals surface area contributed by atoms with E-state index in [1.165, 1.54) is 34.0 Å². The Morgan fingerprint density at radius 3 is 2.61 bits per heavy atom. The summed E-state index contributed by atoms with van der Waals surface area (Å²) in [6.07, 6.45) is 7.79. The Morgan fingerprint density at radius 1 is 1.00 bits per heavy atom. The van der Waals surface area contributed by atoms with E-state index in [4.69, 9.17) is 10.7 Å². The molecule has 3 atom stereocenters. The quantitative estimate of drug-likeness (QED) is 0.523. The molecule has 2 aromatic rings. The topological polar surface area (TPSA) is 87.9 Å². The van der Waals surface area contributed by atoms with Gasteiger partial charge in [-0.15, -0.1) is 11.3 Å². The number of nitrogens with two attached hydrogens (primary N) is 1. The summed E-state index contributed by atoms with van der Waals surface area (Å²) in [6.45, 7) is 6.58. The second-order valence-corrected chi connectivity index (χ2v) is 10.0. The summed E-state index contributed by atoms with van der Waals surface area (Å²) in [6, 6.07) is 1.20. The van der Waals surface area contributed by atoms with Crippen LogP contribution in [0.3, 0.4) is 0 Å². The molecule has 2 aromatic heterocycles. The van der Waals surface area contributed by atoms with E-state index in [9.17, 15) is 0 Å². The zero-order valence-corrected chi connectivity index (χ0v) is 18.5. The molecule has 0 bridgehead atoms. The van der Waals surface area contributed by atoms with Gasteiger partial charge in [0.05, 0.1) is 22.3 Å². The van der Waals surface area contributed by atoms with Crippen molar-refractivity contribution in [3.05, 3.63) is 21.1 Å². The Hall–Kier alpha value is -1.22. The maximum absolute atomic E-state index is 6.03. The highest BCUT2D eigenvalue weighted by atomic mass is 32.1. The van der Waals surface area contributed by atoms with Gasteiger partial charge in [-0.1, -0.05) is 25.2 Å². The standard InChI is InChI=1S/C20H32N6S2/c1-3-9-22-12-5-6-13-16(11-12)27-20(25-13)26-17-14(23-10-4-2)7-8-15-18(17)28-19(21)24-15/h12,14,17,22-23H,3-11H2,1-2H3,(H2,21,24)(H,25,26)/t12-,14+,17-/m1/s1. The number of thiazole rings is 2. The average molecular weight is 421 g/mol. The van der Waals surface area contributed by atoms with Gasteiger partial charge in [-0.05, 0) is 58.0 Å². The first kappa shape index (κ1) is 20.1. The minimum absolute atomic E-state index is 0.201. The van der Waals surface area contributed by atoms with Crippen LogP contribution in [0.15, 0.2) is 0 Å². The minimum atomic E-state index is 0.201. The van der Waals surface area contributed by atoms with E-state index in [2.05, 4.69) is 34.8 Å². The van der Waals surface area contributed by atoms with Crippen LogP contribution in [-0.2, 0) is 19.3 Å². The van der Waals surface area contributed by atoms with Crippen molar-refractivity contribution < 1.29 is 0 Å². The predicted molar refractivity (Wildman–Crippen MR) is 120 cm³/mol. The molecular formula is C20H32N6S2. The highest BCUT2D eigenvalue weighted by molar-refractivity contribution is 7.16. The molecule has 154 valence electrons. The van der Waals surface area contributed by atoms with Gasteiger partial charge in [-0.25, -0.2) is 9.97 Å². The number of anilines is 2. The van der Waals surface area contributed by atoms with Crippen molar-refractivity contribution in [2.24, 2.45) is 0 Å². The normalized spacial score (nSPS) is 24.0. The summed E-state index contributed by atoms with van der Waals surface area (Å²) in [4.78, 5) is 12.3. The van der Waals surface area contributed by atoms with Crippen molar-refractivity contribution in [1.82, 2.24) is 20.6 Å². The Balaban J connectivity index is 1.51. The molecular weight excluding hydrogens is 388 g/mol. The molecule has 0 spiro atoms. The van der Waals surface area contributed by atoms with Gasteiger partial charge in [0.15, 0.2) is 10.3 Å². The SMILES string of the molecule is CCCN[C@@H]1CCc2nc(N[C@H]3c4sc(N)nc4CC[C@@H]3NCCC)sc2C1. The van der Waals surface area contributed by atoms with Crippen molar-refractivity contribution in [2.45, 2.75) is 76.9 Å². The average Bonchev–Trinajstić information content (AvgIpc) is 3.27. The molecule has 0 aromatic carbocycles. The number of rotatable bonds is 8. The van der Waals surface area contributed by atoms with E-state index in [0.717, 1.165) is 50.3 Å². The summed E-state index contributed by atoms with van der Waals surface area (Å²) in [5, 5.41) is 12.9. The molecule has 0 aliphatic heterocycles. The van der Waals surface area contributed by atoms with Gasteiger partial charge in [0, 0.05) is 17.0 Å². The van der Waals surface area contributed by atoms with Crippen LogP contribution in [-0.4, -0.2) is 35.1 Å². The lowest BCUT2D eigenvalue weighted by atomic mass is 9.92. The van der Waals surface area contributed by atoms with Gasteiger partial charge in [-0.2, -0.15) is 0 Å². The van der Waals surface area contributed by atoms with Crippen LogP contribution in [0.1, 0.15) is 66.7 Å². The number of nitrogen functional groups attached to an aromatic ring is 1. The predicted octanol–water partition coefficient (Wildman–Crippen LogP) is 3.51. The number of nitrogens with zero attached hydrogens (tertiary/aromatic N) is 2. The molecule has 4 rings (SSSR count). The van der Waals surface area contributed by atoms with Crippen molar-refractivity contribution in [1.29, 1.82) is 0 Å². The van der Waals surface area contributed by atoms with Crippen molar-refractivity contribution in [3.8, 4) is 0 Å². The lowest BCUT2D eigenvalue weighted by molar-refractivity contribution is 0.412. The maximum atomic E-state index is 6.03. The summed E-state index contributed by atoms with van der Waals surface area (Å²) in [5.74, 6) is 0. The van der Waals surface area contributed by atoms with Crippen LogP contribution in [0, 0.1) is 0 Å². The summed E-state index contributed by atoms with van der Waals surface area (Å²) in [7, 11) is 0. The first-order chi connectivity index (χ1) is 13.7. The van der Waals surface area contributed by atoms with Gasteiger partial charge in [-0.3, -0.25) is 0 Å². The second kappa shape index (κ2) is 9.07. The molecule has 0 amide bonds. The molecule has 28 heavy (non-hydrogen) atoms. The Kier molecular flexibility index (Phi) is 6.50. The van der Waals surface area contributed by atoms with Crippen LogP contribution in [0.25, 0.3) is 0 Å². The monoisotopic (exact) mass is 420 g/mol. The largest absolute Gasteiger partial charge is 0.375 e. The number of aromatic nitrogens is 2. The van der Waals surface area contributed by atoms with E-state index in [0.29, 0.717) is 17.2 Å². The molecule has 0 unspecified atom stereocenters. The van der Waals surface area contributed by atoms with E-state index in [1.54, 1.807) is 11.3 Å². The number of fused-ring (bicyclic) bond motifs is 2. The van der Waals surface area contributed by atoms with Crippen molar-refractivity contribution in [2.75, 3.05) is 24.1 Å². The lowest BCUT2D eigenvalue weighted by Crippen LogP contribution is -2.41. The summed E-state index contributed by atoms with van der Waals surface area (Å²) >= 11 is 3.47. The molecule has 2 aliphatic carbocycles. The first-order valence-electron chi connectivity index (χ1n) is 10.6. The van der Waals surface area contributed by atoms with Crippen molar-refractivity contribution in [3.63, 3.8) is 0 Å². The van der Waals surface area contributed by atoms with Crippen LogP contribution in [0.5, 0.6) is 0 Å². The Labute approximate surface area is 175 Å². The molecule has 6 nitrogen and oxygen atoms in total. The Morgan fingerprint density at radius 2 is 1.79 bits per heavy atom. The molecule has 0 fully saturated rings. The zero-order chi connectivity index (χ0) is 19.5. The zero-order valence-electron chi connectivity index (χ0n) is 16.9. The highest BCUT2D eigenvalue weighted by Crippen LogP contribution is 2.39. The van der Waals surface area contributed by atoms with Gasteiger partial charge >= 0.3 is 0 Å². The fraction of sp³-hybridized carbons (Fsp3) is 0.700. The van der Waals surface area contributed by atoms with Crippen LogP contribution in [0.2, 0.25) is 0 Å². The smallest absolute Gasteiger partial charge is 0.183 e. The third-order valence-electron chi connectivity index (χ3n) is 5.68. The minimum Gasteiger partial charge on any atom is -0.375 e. The molecule has 8 heteroatoms. The summed E-state index contributed by atoms with van der Waals surface area (Å²) < 4.78 is 0. The fourth-order valence-corrected chi connectivity index (χ4v) is 6.38. The molecule has 2 heterocycles. The third kappa shape index (κ3) is 4.35.